The number of aliphatic imine (C=N–C) groups is 1. The van der Waals surface area contributed by atoms with E-state index in [0.717, 1.165) is 55.9 Å². The SMILES string of the molecule is O=C(c1cc2c([nH]1)N(C1=CC3N=C(C4=CC=CCC4)C(=O)N3C=C1)CCO2)N1CCCCC1. The number of fused-ring (bicyclic) bond motifs is 2. The molecule has 1 atom stereocenters. The number of aromatic amines is 1. The molecule has 0 aromatic carbocycles. The van der Waals surface area contributed by atoms with Gasteiger partial charge >= 0.3 is 0 Å². The van der Waals surface area contributed by atoms with Crippen LogP contribution in [-0.2, 0) is 4.79 Å². The zero-order valence-electron chi connectivity index (χ0n) is 18.5. The van der Waals surface area contributed by atoms with Gasteiger partial charge in [0.15, 0.2) is 11.6 Å². The standard InChI is InChI=1S/C25H27N5O3/c31-24(28-10-5-2-6-11-28)19-16-20-23(26-19)29(13-14-33-20)18-9-12-30-21(15-18)27-22(25(30)32)17-7-3-1-4-8-17/h1,3,7,9,12,15-16,21,26H,2,4-6,8,10-11,13-14H2. The second-order valence-corrected chi connectivity index (χ2v) is 8.92. The van der Waals surface area contributed by atoms with Crippen molar-refractivity contribution in [1.29, 1.82) is 0 Å². The van der Waals surface area contributed by atoms with Crippen LogP contribution in [0.4, 0.5) is 5.82 Å². The van der Waals surface area contributed by atoms with Gasteiger partial charge in [0.05, 0.1) is 6.54 Å². The van der Waals surface area contributed by atoms with Crippen LogP contribution in [0.1, 0.15) is 42.6 Å². The highest BCUT2D eigenvalue weighted by atomic mass is 16.5. The first-order valence-electron chi connectivity index (χ1n) is 11.8. The zero-order valence-corrected chi connectivity index (χ0v) is 18.5. The number of piperidine rings is 1. The van der Waals surface area contributed by atoms with Gasteiger partial charge in [-0.25, -0.2) is 4.99 Å². The minimum absolute atomic E-state index is 0.0254. The highest BCUT2D eigenvalue weighted by Gasteiger charge is 2.36. The fourth-order valence-electron chi connectivity index (χ4n) is 5.07. The van der Waals surface area contributed by atoms with Crippen LogP contribution in [0, 0.1) is 0 Å². The van der Waals surface area contributed by atoms with Crippen molar-refractivity contribution in [2.24, 2.45) is 4.99 Å². The molecule has 0 bridgehead atoms. The number of hydrogen-bond acceptors (Lipinski definition) is 5. The normalized spacial score (nSPS) is 24.1. The Balaban J connectivity index is 1.27. The lowest BCUT2D eigenvalue weighted by atomic mass is 10.0. The number of amides is 2. The molecule has 2 amide bonds. The summed E-state index contributed by atoms with van der Waals surface area (Å²) in [6, 6.07) is 1.82. The Morgan fingerprint density at radius 1 is 1.18 bits per heavy atom. The van der Waals surface area contributed by atoms with Crippen LogP contribution in [0.5, 0.6) is 5.75 Å². The molecule has 6 rings (SSSR count). The molecule has 1 N–H and O–H groups in total. The third kappa shape index (κ3) is 3.50. The van der Waals surface area contributed by atoms with Gasteiger partial charge in [-0.1, -0.05) is 18.2 Å². The van der Waals surface area contributed by atoms with E-state index in [1.165, 1.54) is 6.42 Å². The maximum Gasteiger partial charge on any atom is 0.278 e. The molecule has 1 aromatic heterocycles. The highest BCUT2D eigenvalue weighted by Crippen LogP contribution is 2.37. The molecule has 5 aliphatic rings. The molecule has 1 unspecified atom stereocenters. The lowest BCUT2D eigenvalue weighted by molar-refractivity contribution is -0.121. The van der Waals surface area contributed by atoms with Crippen LogP contribution < -0.4 is 9.64 Å². The summed E-state index contributed by atoms with van der Waals surface area (Å²) in [6.45, 7) is 2.78. The van der Waals surface area contributed by atoms with Gasteiger partial charge in [-0.2, -0.15) is 0 Å². The molecule has 0 radical (unpaired) electrons. The van der Waals surface area contributed by atoms with Gasteiger partial charge in [-0.3, -0.25) is 14.5 Å². The first-order valence-corrected chi connectivity index (χ1v) is 11.8. The van der Waals surface area contributed by atoms with E-state index in [-0.39, 0.29) is 18.0 Å². The molecule has 0 saturated carbocycles. The van der Waals surface area contributed by atoms with Crippen molar-refractivity contribution in [2.75, 3.05) is 31.1 Å². The number of nitrogens with zero attached hydrogens (tertiary/aromatic N) is 4. The van der Waals surface area contributed by atoms with E-state index in [1.807, 2.05) is 41.5 Å². The molecule has 1 saturated heterocycles. The molecular weight excluding hydrogens is 418 g/mol. The molecule has 1 aromatic rings. The number of anilines is 1. The monoisotopic (exact) mass is 445 g/mol. The number of likely N-dealkylation sites (tertiary alicyclic amines) is 1. The maximum absolute atomic E-state index is 13.0. The number of H-pyrrole nitrogens is 1. The summed E-state index contributed by atoms with van der Waals surface area (Å²) in [5, 5.41) is 0. The molecule has 33 heavy (non-hydrogen) atoms. The van der Waals surface area contributed by atoms with Crippen molar-refractivity contribution in [3.8, 4) is 5.75 Å². The molecule has 1 aliphatic carbocycles. The van der Waals surface area contributed by atoms with Crippen molar-refractivity contribution in [3.05, 3.63) is 59.6 Å². The second-order valence-electron chi connectivity index (χ2n) is 8.92. The largest absolute Gasteiger partial charge is 0.488 e. The predicted molar refractivity (Wildman–Crippen MR) is 125 cm³/mol. The summed E-state index contributed by atoms with van der Waals surface area (Å²) in [4.78, 5) is 39.7. The Bertz CT molecular complexity index is 1150. The number of hydrogen-bond donors (Lipinski definition) is 1. The predicted octanol–water partition coefficient (Wildman–Crippen LogP) is 3.14. The molecule has 8 heteroatoms. The fourth-order valence-corrected chi connectivity index (χ4v) is 5.07. The molecule has 5 heterocycles. The van der Waals surface area contributed by atoms with E-state index in [2.05, 4.69) is 16.0 Å². The van der Waals surface area contributed by atoms with E-state index in [1.54, 1.807) is 4.90 Å². The first-order chi connectivity index (χ1) is 16.2. The highest BCUT2D eigenvalue weighted by molar-refractivity contribution is 6.46. The van der Waals surface area contributed by atoms with Crippen LogP contribution in [0.3, 0.4) is 0 Å². The van der Waals surface area contributed by atoms with Crippen LogP contribution in [0.2, 0.25) is 0 Å². The smallest absolute Gasteiger partial charge is 0.278 e. The second kappa shape index (κ2) is 8.10. The van der Waals surface area contributed by atoms with Crippen molar-refractivity contribution >= 4 is 23.3 Å². The van der Waals surface area contributed by atoms with Crippen molar-refractivity contribution < 1.29 is 14.3 Å². The number of carbonyl (C=O) groups excluding carboxylic acids is 2. The van der Waals surface area contributed by atoms with E-state index >= 15 is 0 Å². The van der Waals surface area contributed by atoms with Gasteiger partial charge in [-0.05, 0) is 49.8 Å². The first kappa shape index (κ1) is 20.1. The number of allylic oxidation sites excluding steroid dienone is 4. The van der Waals surface area contributed by atoms with Gasteiger partial charge < -0.3 is 19.5 Å². The molecule has 0 spiro atoms. The Hall–Kier alpha value is -3.55. The van der Waals surface area contributed by atoms with Gasteiger partial charge in [0.2, 0.25) is 0 Å². The summed E-state index contributed by atoms with van der Waals surface area (Å²) in [5.41, 5.74) is 3.06. The quantitative estimate of drug-likeness (QED) is 0.775. The third-order valence-corrected chi connectivity index (χ3v) is 6.82. The third-order valence-electron chi connectivity index (χ3n) is 6.82. The lowest BCUT2D eigenvalue weighted by Crippen LogP contribution is -2.37. The molecule has 1 fully saturated rings. The Labute approximate surface area is 192 Å². The molecule has 8 nitrogen and oxygen atoms in total. The van der Waals surface area contributed by atoms with Crippen LogP contribution in [0.15, 0.2) is 58.9 Å². The van der Waals surface area contributed by atoms with Crippen LogP contribution in [0.25, 0.3) is 0 Å². The van der Waals surface area contributed by atoms with Crippen LogP contribution in [-0.4, -0.2) is 64.7 Å². The van der Waals surface area contributed by atoms with Crippen molar-refractivity contribution in [1.82, 2.24) is 14.8 Å². The Kier molecular flexibility index (Phi) is 4.93. The summed E-state index contributed by atoms with van der Waals surface area (Å²) < 4.78 is 5.86. The van der Waals surface area contributed by atoms with Gasteiger partial charge in [0, 0.05) is 31.1 Å². The Morgan fingerprint density at radius 2 is 2.06 bits per heavy atom. The summed E-state index contributed by atoms with van der Waals surface area (Å²) in [5.74, 6) is 1.44. The number of rotatable bonds is 3. The van der Waals surface area contributed by atoms with E-state index in [0.29, 0.717) is 30.3 Å². The average molecular weight is 446 g/mol. The van der Waals surface area contributed by atoms with E-state index < -0.39 is 0 Å². The summed E-state index contributed by atoms with van der Waals surface area (Å²) >= 11 is 0. The zero-order chi connectivity index (χ0) is 22.4. The number of carbonyl (C=O) groups is 2. The van der Waals surface area contributed by atoms with E-state index in [4.69, 9.17) is 9.73 Å². The van der Waals surface area contributed by atoms with Gasteiger partial charge in [0.25, 0.3) is 11.8 Å². The van der Waals surface area contributed by atoms with Crippen molar-refractivity contribution in [3.63, 3.8) is 0 Å². The van der Waals surface area contributed by atoms with Crippen molar-refractivity contribution in [2.45, 2.75) is 38.3 Å². The topological polar surface area (TPSA) is 81.2 Å². The molecular formula is C25H27N5O3. The van der Waals surface area contributed by atoms with E-state index in [9.17, 15) is 9.59 Å². The fraction of sp³-hybridized carbons (Fsp3) is 0.400. The average Bonchev–Trinajstić information content (AvgIpc) is 3.45. The minimum atomic E-state index is -0.352. The lowest BCUT2D eigenvalue weighted by Gasteiger charge is -2.32. The number of aromatic nitrogens is 1. The maximum atomic E-state index is 13.0. The number of nitrogens with one attached hydrogen (secondary N) is 1. The van der Waals surface area contributed by atoms with Gasteiger partial charge in [0.1, 0.15) is 24.2 Å². The Morgan fingerprint density at radius 3 is 2.88 bits per heavy atom. The van der Waals surface area contributed by atoms with Crippen LogP contribution >= 0.6 is 0 Å². The summed E-state index contributed by atoms with van der Waals surface area (Å²) in [6.07, 6.45) is 16.5. The number of ether oxygens (including phenoxy) is 1. The summed E-state index contributed by atoms with van der Waals surface area (Å²) in [7, 11) is 0. The minimum Gasteiger partial charge on any atom is -0.488 e. The molecule has 4 aliphatic heterocycles. The molecule has 170 valence electrons. The van der Waals surface area contributed by atoms with Gasteiger partial charge in [-0.15, -0.1) is 0 Å².